The van der Waals surface area contributed by atoms with Crippen LogP contribution < -0.4 is 11.2 Å². The molecule has 7 heteroatoms. The third kappa shape index (κ3) is 1.86. The summed E-state index contributed by atoms with van der Waals surface area (Å²) < 4.78 is 5.20. The van der Waals surface area contributed by atoms with Crippen LogP contribution in [0.25, 0.3) is 11.2 Å². The van der Waals surface area contributed by atoms with Gasteiger partial charge in [-0.25, -0.2) is 9.78 Å². The van der Waals surface area contributed by atoms with Gasteiger partial charge in [0, 0.05) is 12.8 Å². The lowest BCUT2D eigenvalue weighted by atomic mass is 10.2. The van der Waals surface area contributed by atoms with Crippen LogP contribution in [0.15, 0.2) is 32.4 Å². The fourth-order valence-electron chi connectivity index (χ4n) is 1.80. The first-order valence-corrected chi connectivity index (χ1v) is 5.46. The summed E-state index contributed by atoms with van der Waals surface area (Å²) in [6.45, 7) is 0. The van der Waals surface area contributed by atoms with Crippen LogP contribution >= 0.6 is 0 Å². The van der Waals surface area contributed by atoms with Crippen molar-refractivity contribution >= 4 is 11.2 Å². The monoisotopic (exact) mass is 246 g/mol. The van der Waals surface area contributed by atoms with E-state index in [1.165, 1.54) is 0 Å². The van der Waals surface area contributed by atoms with E-state index in [4.69, 9.17) is 4.42 Å². The van der Waals surface area contributed by atoms with Gasteiger partial charge < -0.3 is 9.40 Å². The van der Waals surface area contributed by atoms with Crippen molar-refractivity contribution in [1.29, 1.82) is 0 Å². The number of imidazole rings is 1. The van der Waals surface area contributed by atoms with Gasteiger partial charge >= 0.3 is 5.69 Å². The lowest BCUT2D eigenvalue weighted by Crippen LogP contribution is -2.21. The first-order chi connectivity index (χ1) is 8.72. The molecular formula is C11H10N4O3. The highest BCUT2D eigenvalue weighted by molar-refractivity contribution is 5.68. The van der Waals surface area contributed by atoms with Crippen molar-refractivity contribution in [3.8, 4) is 0 Å². The summed E-state index contributed by atoms with van der Waals surface area (Å²) >= 11 is 0. The molecule has 3 heterocycles. The molecule has 3 N–H and O–H groups in total. The van der Waals surface area contributed by atoms with Crippen molar-refractivity contribution in [2.75, 3.05) is 0 Å². The first-order valence-electron chi connectivity index (χ1n) is 5.46. The molecule has 0 spiro atoms. The molecule has 0 radical (unpaired) electrons. The second kappa shape index (κ2) is 4.02. The normalized spacial score (nSPS) is 11.1. The van der Waals surface area contributed by atoms with Gasteiger partial charge in [0.05, 0.1) is 6.26 Å². The van der Waals surface area contributed by atoms with E-state index in [-0.39, 0.29) is 11.2 Å². The van der Waals surface area contributed by atoms with Gasteiger partial charge in [-0.3, -0.25) is 14.8 Å². The molecule has 92 valence electrons. The predicted molar refractivity (Wildman–Crippen MR) is 63.5 cm³/mol. The number of aromatic amines is 3. The van der Waals surface area contributed by atoms with Crippen molar-refractivity contribution < 1.29 is 4.42 Å². The highest BCUT2D eigenvalue weighted by Crippen LogP contribution is 2.07. The summed E-state index contributed by atoms with van der Waals surface area (Å²) in [6, 6.07) is 3.69. The first kappa shape index (κ1) is 10.6. The molecule has 3 aromatic heterocycles. The molecule has 3 rings (SSSR count). The number of rotatable bonds is 3. The quantitative estimate of drug-likeness (QED) is 0.618. The van der Waals surface area contributed by atoms with Gasteiger partial charge in [-0.2, -0.15) is 0 Å². The zero-order valence-electron chi connectivity index (χ0n) is 9.32. The van der Waals surface area contributed by atoms with Crippen molar-refractivity contribution in [3.63, 3.8) is 0 Å². The number of aromatic nitrogens is 4. The van der Waals surface area contributed by atoms with Crippen molar-refractivity contribution in [3.05, 3.63) is 50.8 Å². The molecule has 0 aromatic carbocycles. The zero-order valence-corrected chi connectivity index (χ0v) is 9.32. The van der Waals surface area contributed by atoms with Crippen LogP contribution in [0.1, 0.15) is 11.6 Å². The van der Waals surface area contributed by atoms with Crippen molar-refractivity contribution in [1.82, 2.24) is 19.9 Å². The van der Waals surface area contributed by atoms with Gasteiger partial charge in [0.25, 0.3) is 5.56 Å². The summed E-state index contributed by atoms with van der Waals surface area (Å²) in [5.74, 6) is 1.48. The van der Waals surface area contributed by atoms with Crippen LogP contribution in [-0.4, -0.2) is 19.9 Å². The Hall–Kier alpha value is -2.57. The number of hydrogen-bond donors (Lipinski definition) is 3. The Morgan fingerprint density at radius 2 is 2.06 bits per heavy atom. The van der Waals surface area contributed by atoms with Gasteiger partial charge in [0.1, 0.15) is 17.1 Å². The van der Waals surface area contributed by atoms with E-state index >= 15 is 0 Å². The van der Waals surface area contributed by atoms with Crippen LogP contribution in [0.5, 0.6) is 0 Å². The smallest absolute Gasteiger partial charge is 0.327 e. The van der Waals surface area contributed by atoms with E-state index in [1.54, 1.807) is 6.26 Å². The summed E-state index contributed by atoms with van der Waals surface area (Å²) in [5, 5.41) is 0. The van der Waals surface area contributed by atoms with Gasteiger partial charge in [0.2, 0.25) is 0 Å². The van der Waals surface area contributed by atoms with Crippen LogP contribution in [0.2, 0.25) is 0 Å². The molecule has 3 aromatic rings. The molecule has 0 fully saturated rings. The molecule has 18 heavy (non-hydrogen) atoms. The highest BCUT2D eigenvalue weighted by atomic mass is 16.3. The van der Waals surface area contributed by atoms with Crippen molar-refractivity contribution in [2.45, 2.75) is 12.8 Å². The second-order valence-corrected chi connectivity index (χ2v) is 3.89. The largest absolute Gasteiger partial charge is 0.469 e. The van der Waals surface area contributed by atoms with E-state index in [1.807, 2.05) is 12.1 Å². The van der Waals surface area contributed by atoms with Gasteiger partial charge in [0.15, 0.2) is 5.65 Å². The third-order valence-corrected chi connectivity index (χ3v) is 2.63. The highest BCUT2D eigenvalue weighted by Gasteiger charge is 2.08. The summed E-state index contributed by atoms with van der Waals surface area (Å²) in [5.41, 5.74) is -0.468. The number of H-pyrrole nitrogens is 3. The fourth-order valence-corrected chi connectivity index (χ4v) is 1.80. The maximum absolute atomic E-state index is 11.5. The fraction of sp³-hybridized carbons (Fsp3) is 0.182. The average Bonchev–Trinajstić information content (AvgIpc) is 2.93. The number of fused-ring (bicyclic) bond motifs is 1. The lowest BCUT2D eigenvalue weighted by Gasteiger charge is -1.92. The Morgan fingerprint density at radius 1 is 1.17 bits per heavy atom. The average molecular weight is 246 g/mol. The number of aryl methyl sites for hydroxylation is 2. The van der Waals surface area contributed by atoms with Crippen LogP contribution in [0, 0.1) is 0 Å². The van der Waals surface area contributed by atoms with Crippen LogP contribution in [-0.2, 0) is 12.8 Å². The Morgan fingerprint density at radius 3 is 2.83 bits per heavy atom. The van der Waals surface area contributed by atoms with Crippen LogP contribution in [0.3, 0.4) is 0 Å². The molecule has 0 bridgehead atoms. The van der Waals surface area contributed by atoms with E-state index in [9.17, 15) is 9.59 Å². The summed E-state index contributed by atoms with van der Waals surface area (Å²) in [7, 11) is 0. The molecule has 0 amide bonds. The van der Waals surface area contributed by atoms with E-state index in [0.717, 1.165) is 5.76 Å². The molecule has 0 aliphatic heterocycles. The van der Waals surface area contributed by atoms with E-state index in [0.29, 0.717) is 18.7 Å². The Kier molecular flexibility index (Phi) is 2.36. The minimum atomic E-state index is -0.559. The van der Waals surface area contributed by atoms with Gasteiger partial charge in [-0.15, -0.1) is 0 Å². The van der Waals surface area contributed by atoms with Gasteiger partial charge in [-0.1, -0.05) is 0 Å². The minimum Gasteiger partial charge on any atom is -0.469 e. The van der Waals surface area contributed by atoms with Crippen molar-refractivity contribution in [2.24, 2.45) is 0 Å². The predicted octanol–water partition coefficient (Wildman–Crippen LogP) is 0.318. The number of nitrogens with one attached hydrogen (secondary N) is 3. The molecule has 0 saturated heterocycles. The molecular weight excluding hydrogens is 236 g/mol. The Bertz CT molecular complexity index is 779. The lowest BCUT2D eigenvalue weighted by molar-refractivity contribution is 0.507. The maximum atomic E-state index is 11.5. The third-order valence-electron chi connectivity index (χ3n) is 2.63. The zero-order chi connectivity index (χ0) is 12.5. The standard InChI is InChI=1S/C11H10N4O3/c16-10-8-9(14-11(17)15-10)13-7(12-8)4-3-6-2-1-5-18-6/h1-2,5H,3-4H2,(H3,12,13,14,15,16,17). The molecule has 7 nitrogen and oxygen atoms in total. The van der Waals surface area contributed by atoms with E-state index in [2.05, 4.69) is 19.9 Å². The van der Waals surface area contributed by atoms with Gasteiger partial charge in [-0.05, 0) is 12.1 Å². The number of nitrogens with zero attached hydrogens (tertiary/aromatic N) is 1. The Labute approximate surface area is 99.9 Å². The molecule has 0 atom stereocenters. The topological polar surface area (TPSA) is 108 Å². The molecule has 0 aliphatic rings. The minimum absolute atomic E-state index is 0.276. The van der Waals surface area contributed by atoms with E-state index < -0.39 is 11.2 Å². The summed E-state index contributed by atoms with van der Waals surface area (Å²) in [4.78, 5) is 34.2. The molecule has 0 aliphatic carbocycles. The molecule has 0 unspecified atom stereocenters. The Balaban J connectivity index is 1.92. The number of furan rings is 1. The SMILES string of the molecule is O=c1[nH]c(=O)c2[nH]c(CCc3ccco3)nc2[nH]1. The maximum Gasteiger partial charge on any atom is 0.327 e. The summed E-state index contributed by atoms with van der Waals surface area (Å²) in [6.07, 6.45) is 2.88. The second-order valence-electron chi connectivity index (χ2n) is 3.89. The number of hydrogen-bond acceptors (Lipinski definition) is 4. The van der Waals surface area contributed by atoms with Crippen LogP contribution in [0.4, 0.5) is 0 Å². The molecule has 0 saturated carbocycles.